The monoisotopic (exact) mass is 298 g/mol. The zero-order chi connectivity index (χ0) is 14.0. The molecule has 0 N–H and O–H groups in total. The van der Waals surface area contributed by atoms with Crippen molar-refractivity contribution < 1.29 is 0 Å². The van der Waals surface area contributed by atoms with E-state index in [4.69, 9.17) is 23.2 Å². The quantitative estimate of drug-likeness (QED) is 0.704. The van der Waals surface area contributed by atoms with Crippen molar-refractivity contribution in [3.63, 3.8) is 0 Å². The van der Waals surface area contributed by atoms with Crippen molar-refractivity contribution in [2.45, 2.75) is 39.7 Å². The lowest BCUT2D eigenvalue weighted by atomic mass is 10.0. The van der Waals surface area contributed by atoms with Gasteiger partial charge in [0.15, 0.2) is 0 Å². The van der Waals surface area contributed by atoms with Crippen LogP contribution in [0.2, 0.25) is 5.02 Å². The van der Waals surface area contributed by atoms with Gasteiger partial charge >= 0.3 is 0 Å². The van der Waals surface area contributed by atoms with E-state index in [1.807, 2.05) is 12.1 Å². The molecule has 0 saturated heterocycles. The van der Waals surface area contributed by atoms with Gasteiger partial charge in [-0.25, -0.2) is 4.98 Å². The summed E-state index contributed by atoms with van der Waals surface area (Å²) in [6.07, 6.45) is 1.89. The third-order valence-electron chi connectivity index (χ3n) is 3.32. The molecule has 1 aromatic carbocycles. The van der Waals surface area contributed by atoms with E-state index in [1.165, 1.54) is 0 Å². The molecule has 1 heterocycles. The summed E-state index contributed by atoms with van der Waals surface area (Å²) in [5.74, 6) is 2.26. The first-order valence-electron chi connectivity index (χ1n) is 6.75. The van der Waals surface area contributed by atoms with Gasteiger partial charge in [0.25, 0.3) is 0 Å². The largest absolute Gasteiger partial charge is 0.325 e. The highest BCUT2D eigenvalue weighted by Crippen LogP contribution is 2.29. The van der Waals surface area contributed by atoms with Gasteiger partial charge in [0.05, 0.1) is 10.5 Å². The third kappa shape index (κ3) is 3.06. The summed E-state index contributed by atoms with van der Waals surface area (Å²) >= 11 is 12.1. The number of imidazole rings is 1. The van der Waals surface area contributed by atoms with Crippen molar-refractivity contribution in [1.82, 2.24) is 9.55 Å². The first kappa shape index (κ1) is 14.7. The van der Waals surface area contributed by atoms with Gasteiger partial charge in [-0.1, -0.05) is 31.5 Å². The first-order valence-corrected chi connectivity index (χ1v) is 7.67. The van der Waals surface area contributed by atoms with Crippen LogP contribution in [0.3, 0.4) is 0 Å². The van der Waals surface area contributed by atoms with E-state index in [1.54, 1.807) is 0 Å². The number of nitrogens with zero attached hydrogens (tertiary/aromatic N) is 2. The Morgan fingerprint density at radius 3 is 2.63 bits per heavy atom. The zero-order valence-corrected chi connectivity index (χ0v) is 13.2. The fraction of sp³-hybridized carbons (Fsp3) is 0.533. The minimum atomic E-state index is 0.404. The van der Waals surface area contributed by atoms with Gasteiger partial charge in [-0.15, -0.1) is 11.6 Å². The predicted molar refractivity (Wildman–Crippen MR) is 83.3 cm³/mol. The van der Waals surface area contributed by atoms with Crippen molar-refractivity contribution in [2.75, 3.05) is 5.88 Å². The second-order valence-electron chi connectivity index (χ2n) is 5.42. The zero-order valence-electron chi connectivity index (χ0n) is 11.7. The summed E-state index contributed by atoms with van der Waals surface area (Å²) in [4.78, 5) is 4.68. The molecule has 4 heteroatoms. The average Bonchev–Trinajstić information content (AvgIpc) is 2.68. The molecule has 1 aromatic heterocycles. The van der Waals surface area contributed by atoms with E-state index in [0.717, 1.165) is 29.7 Å². The Bertz CT molecular complexity index is 561. The third-order valence-corrected chi connectivity index (χ3v) is 3.81. The number of benzene rings is 1. The van der Waals surface area contributed by atoms with Crippen LogP contribution in [0.25, 0.3) is 11.0 Å². The van der Waals surface area contributed by atoms with E-state index in [-0.39, 0.29) is 0 Å². The normalized spacial score (nSPS) is 13.4. The van der Waals surface area contributed by atoms with Crippen molar-refractivity contribution in [2.24, 2.45) is 5.92 Å². The van der Waals surface area contributed by atoms with Gasteiger partial charge in [-0.3, -0.25) is 0 Å². The number of para-hydroxylation sites is 1. The van der Waals surface area contributed by atoms with Gasteiger partial charge < -0.3 is 4.57 Å². The standard InChI is InChI=1S/C15H20Cl2N2/c1-10(2)9-11(3)19-13-6-4-5-12(17)15(13)18-14(19)7-8-16/h4-6,10-11H,7-9H2,1-3H3. The van der Waals surface area contributed by atoms with E-state index in [9.17, 15) is 0 Å². The van der Waals surface area contributed by atoms with Crippen LogP contribution >= 0.6 is 23.2 Å². The minimum absolute atomic E-state index is 0.404. The number of hydrogen-bond donors (Lipinski definition) is 0. The summed E-state index contributed by atoms with van der Waals surface area (Å²) in [7, 11) is 0. The topological polar surface area (TPSA) is 17.8 Å². The molecular formula is C15H20Cl2N2. The molecule has 0 bridgehead atoms. The molecule has 0 amide bonds. The molecule has 2 aromatic rings. The van der Waals surface area contributed by atoms with Crippen LogP contribution in [0, 0.1) is 5.92 Å². The molecule has 2 rings (SSSR count). The summed E-state index contributed by atoms with van der Waals surface area (Å²) in [5, 5.41) is 0.712. The number of fused-ring (bicyclic) bond motifs is 1. The van der Waals surface area contributed by atoms with Crippen molar-refractivity contribution in [3.8, 4) is 0 Å². The molecule has 0 aliphatic heterocycles. The Labute approximate surface area is 124 Å². The molecule has 0 saturated carbocycles. The number of aryl methyl sites for hydroxylation is 1. The van der Waals surface area contributed by atoms with Crippen LogP contribution in [-0.2, 0) is 6.42 Å². The maximum absolute atomic E-state index is 6.24. The smallest absolute Gasteiger partial charge is 0.111 e. The molecule has 2 nitrogen and oxygen atoms in total. The average molecular weight is 299 g/mol. The van der Waals surface area contributed by atoms with Crippen molar-refractivity contribution >= 4 is 34.2 Å². The van der Waals surface area contributed by atoms with Crippen molar-refractivity contribution in [1.29, 1.82) is 0 Å². The summed E-state index contributed by atoms with van der Waals surface area (Å²) in [6, 6.07) is 6.36. The number of halogens is 2. The first-order chi connectivity index (χ1) is 9.04. The van der Waals surface area contributed by atoms with E-state index in [0.29, 0.717) is 22.9 Å². The Morgan fingerprint density at radius 1 is 1.26 bits per heavy atom. The molecular weight excluding hydrogens is 279 g/mol. The van der Waals surface area contributed by atoms with E-state index in [2.05, 4.69) is 36.4 Å². The number of aromatic nitrogens is 2. The SMILES string of the molecule is CC(C)CC(C)n1c(CCCl)nc2c(Cl)cccc21. The summed E-state index contributed by atoms with van der Waals surface area (Å²) in [5.41, 5.74) is 2.00. The van der Waals surface area contributed by atoms with Crippen LogP contribution in [0.4, 0.5) is 0 Å². The van der Waals surface area contributed by atoms with Crippen LogP contribution in [0.1, 0.15) is 39.1 Å². The fourth-order valence-electron chi connectivity index (χ4n) is 2.67. The Morgan fingerprint density at radius 2 is 2.00 bits per heavy atom. The number of hydrogen-bond acceptors (Lipinski definition) is 1. The fourth-order valence-corrected chi connectivity index (χ4v) is 3.05. The lowest BCUT2D eigenvalue weighted by Gasteiger charge is -2.19. The van der Waals surface area contributed by atoms with Gasteiger partial charge in [-0.2, -0.15) is 0 Å². The molecule has 0 radical (unpaired) electrons. The highest BCUT2D eigenvalue weighted by molar-refractivity contribution is 6.34. The lowest BCUT2D eigenvalue weighted by molar-refractivity contribution is 0.426. The minimum Gasteiger partial charge on any atom is -0.325 e. The molecule has 1 atom stereocenters. The van der Waals surface area contributed by atoms with Gasteiger partial charge in [-0.05, 0) is 31.4 Å². The van der Waals surface area contributed by atoms with E-state index < -0.39 is 0 Å². The predicted octanol–water partition coefficient (Wildman–Crippen LogP) is 5.08. The molecule has 19 heavy (non-hydrogen) atoms. The van der Waals surface area contributed by atoms with E-state index >= 15 is 0 Å². The Kier molecular flexibility index (Phi) is 4.75. The number of alkyl halides is 1. The molecule has 0 spiro atoms. The molecule has 0 fully saturated rings. The highest BCUT2D eigenvalue weighted by atomic mass is 35.5. The molecule has 0 aliphatic rings. The summed E-state index contributed by atoms with van der Waals surface area (Å²) < 4.78 is 2.30. The maximum Gasteiger partial charge on any atom is 0.111 e. The maximum atomic E-state index is 6.24. The lowest BCUT2D eigenvalue weighted by Crippen LogP contribution is -2.12. The Hall–Kier alpha value is -0.730. The molecule has 0 aliphatic carbocycles. The van der Waals surface area contributed by atoms with Crippen LogP contribution < -0.4 is 0 Å². The van der Waals surface area contributed by atoms with Crippen LogP contribution in [0.5, 0.6) is 0 Å². The molecule has 104 valence electrons. The second kappa shape index (κ2) is 6.15. The van der Waals surface area contributed by atoms with Gasteiger partial charge in [0.2, 0.25) is 0 Å². The van der Waals surface area contributed by atoms with Crippen LogP contribution in [0.15, 0.2) is 18.2 Å². The highest BCUT2D eigenvalue weighted by Gasteiger charge is 2.17. The number of rotatable bonds is 5. The Balaban J connectivity index is 2.55. The van der Waals surface area contributed by atoms with Crippen LogP contribution in [-0.4, -0.2) is 15.4 Å². The van der Waals surface area contributed by atoms with Crippen molar-refractivity contribution in [3.05, 3.63) is 29.0 Å². The van der Waals surface area contributed by atoms with Gasteiger partial charge in [0, 0.05) is 18.3 Å². The second-order valence-corrected chi connectivity index (χ2v) is 6.21. The van der Waals surface area contributed by atoms with Gasteiger partial charge in [0.1, 0.15) is 11.3 Å². The summed E-state index contributed by atoms with van der Waals surface area (Å²) in [6.45, 7) is 6.72. The molecule has 1 unspecified atom stereocenters.